The Labute approximate surface area is 180 Å². The van der Waals surface area contributed by atoms with Gasteiger partial charge in [0.05, 0.1) is 22.9 Å². The number of carbonyl (C=O) groups excluding carboxylic acids is 1. The molecule has 0 aliphatic heterocycles. The normalized spacial score (nSPS) is 11.2. The molecule has 1 amide bonds. The lowest BCUT2D eigenvalue weighted by atomic mass is 10.2. The number of halogens is 1. The van der Waals surface area contributed by atoms with Gasteiger partial charge in [-0.1, -0.05) is 0 Å². The third kappa shape index (κ3) is 4.10. The number of nitrogens with two attached hydrogens (primary N) is 2. The second-order valence-corrected chi connectivity index (χ2v) is 7.84. The van der Waals surface area contributed by atoms with E-state index in [1.54, 1.807) is 42.2 Å². The number of thiophene rings is 1. The van der Waals surface area contributed by atoms with Crippen LogP contribution in [0.15, 0.2) is 29.8 Å². The van der Waals surface area contributed by atoms with Crippen LogP contribution in [0.1, 0.15) is 18.7 Å². The first kappa shape index (κ1) is 20.5. The fourth-order valence-electron chi connectivity index (χ4n) is 2.93. The summed E-state index contributed by atoms with van der Waals surface area (Å²) in [6, 6.07) is 4.95. The van der Waals surface area contributed by atoms with Gasteiger partial charge in [0, 0.05) is 6.20 Å². The molecule has 0 unspecified atom stereocenters. The predicted octanol–water partition coefficient (Wildman–Crippen LogP) is 3.26. The molecule has 10 nitrogen and oxygen atoms in total. The molecule has 5 N–H and O–H groups in total. The van der Waals surface area contributed by atoms with Crippen molar-refractivity contribution in [2.45, 2.75) is 26.5 Å². The Balaban J connectivity index is 1.73. The quantitative estimate of drug-likeness (QED) is 0.427. The standard InChI is InChI=1S/C19H19FN8O2S/c1-9(2)30-19(29)24-14-15(21)25-17(26-16(14)22)13-10-4-3-6-23-18(10)28(27-13)8-12-11(20)5-7-31-12/h3-7,9H,8H2,1-2H3,(H,24,29)(H4,21,22,25,26). The molecule has 4 aromatic rings. The first-order valence-corrected chi connectivity index (χ1v) is 10.2. The second-order valence-electron chi connectivity index (χ2n) is 6.84. The monoisotopic (exact) mass is 442 g/mol. The molecule has 0 spiro atoms. The highest BCUT2D eigenvalue weighted by Gasteiger charge is 2.21. The molecule has 0 aliphatic rings. The Morgan fingerprint density at radius 1 is 1.29 bits per heavy atom. The molecule has 0 saturated carbocycles. The van der Waals surface area contributed by atoms with Crippen LogP contribution < -0.4 is 16.8 Å². The smallest absolute Gasteiger partial charge is 0.412 e. The van der Waals surface area contributed by atoms with E-state index in [4.69, 9.17) is 16.2 Å². The summed E-state index contributed by atoms with van der Waals surface area (Å²) in [5, 5.41) is 9.31. The molecule has 4 heterocycles. The average molecular weight is 442 g/mol. The molecule has 160 valence electrons. The first-order chi connectivity index (χ1) is 14.8. The zero-order valence-electron chi connectivity index (χ0n) is 16.7. The minimum Gasteiger partial charge on any atom is -0.447 e. The summed E-state index contributed by atoms with van der Waals surface area (Å²) >= 11 is 1.29. The lowest BCUT2D eigenvalue weighted by molar-refractivity contribution is 0.130. The summed E-state index contributed by atoms with van der Waals surface area (Å²) in [4.78, 5) is 25.3. The molecule has 0 atom stereocenters. The number of nitrogens with zero attached hydrogens (tertiary/aromatic N) is 5. The van der Waals surface area contributed by atoms with Gasteiger partial charge in [0.2, 0.25) is 0 Å². The molecular weight excluding hydrogens is 423 g/mol. The number of anilines is 3. The number of pyridine rings is 1. The maximum Gasteiger partial charge on any atom is 0.412 e. The van der Waals surface area contributed by atoms with Crippen molar-refractivity contribution in [1.82, 2.24) is 24.7 Å². The van der Waals surface area contributed by atoms with Gasteiger partial charge in [-0.15, -0.1) is 11.3 Å². The summed E-state index contributed by atoms with van der Waals surface area (Å²) in [5.74, 6) is -0.237. The topological polar surface area (TPSA) is 147 Å². The third-order valence-electron chi connectivity index (χ3n) is 4.24. The van der Waals surface area contributed by atoms with Gasteiger partial charge in [-0.3, -0.25) is 5.32 Å². The van der Waals surface area contributed by atoms with Crippen LogP contribution in [-0.2, 0) is 11.3 Å². The van der Waals surface area contributed by atoms with Gasteiger partial charge in [-0.05, 0) is 37.4 Å². The van der Waals surface area contributed by atoms with E-state index >= 15 is 0 Å². The summed E-state index contributed by atoms with van der Waals surface area (Å²) in [7, 11) is 0. The van der Waals surface area contributed by atoms with Gasteiger partial charge in [0.1, 0.15) is 17.2 Å². The summed E-state index contributed by atoms with van der Waals surface area (Å²) in [6.45, 7) is 3.62. The minimum absolute atomic E-state index is 0.0425. The highest BCUT2D eigenvalue weighted by molar-refractivity contribution is 7.09. The largest absolute Gasteiger partial charge is 0.447 e. The van der Waals surface area contributed by atoms with E-state index in [0.717, 1.165) is 0 Å². The fourth-order valence-corrected chi connectivity index (χ4v) is 3.66. The van der Waals surface area contributed by atoms with Gasteiger partial charge in [0.25, 0.3) is 0 Å². The van der Waals surface area contributed by atoms with Gasteiger partial charge in [0.15, 0.2) is 23.1 Å². The maximum absolute atomic E-state index is 13.9. The molecule has 12 heteroatoms. The Bertz CT molecular complexity index is 1250. The molecule has 0 bridgehead atoms. The van der Waals surface area contributed by atoms with Crippen LogP contribution in [0.25, 0.3) is 22.6 Å². The van der Waals surface area contributed by atoms with Gasteiger partial charge < -0.3 is 16.2 Å². The van der Waals surface area contributed by atoms with Crippen molar-refractivity contribution < 1.29 is 13.9 Å². The van der Waals surface area contributed by atoms with Crippen molar-refractivity contribution >= 4 is 45.8 Å². The molecule has 0 fully saturated rings. The average Bonchev–Trinajstić information content (AvgIpc) is 3.28. The number of ether oxygens (including phenoxy) is 1. The van der Waals surface area contributed by atoms with Crippen LogP contribution in [-0.4, -0.2) is 36.9 Å². The van der Waals surface area contributed by atoms with E-state index in [1.165, 1.54) is 17.4 Å². The number of nitrogens with one attached hydrogen (secondary N) is 1. The summed E-state index contributed by atoms with van der Waals surface area (Å²) in [6.07, 6.45) is 0.576. The SMILES string of the molecule is CC(C)OC(=O)Nc1c(N)nc(-c2nn(Cc3sccc3F)c3ncccc23)nc1N. The van der Waals surface area contributed by atoms with Crippen molar-refractivity contribution in [2.24, 2.45) is 0 Å². The predicted molar refractivity (Wildman–Crippen MR) is 116 cm³/mol. The third-order valence-corrected chi connectivity index (χ3v) is 5.12. The molecule has 4 rings (SSSR count). The Hall–Kier alpha value is -3.80. The lowest BCUT2D eigenvalue weighted by Crippen LogP contribution is -2.20. The number of hydrogen-bond donors (Lipinski definition) is 3. The molecule has 0 aliphatic carbocycles. The van der Waals surface area contributed by atoms with Crippen molar-refractivity contribution in [3.05, 3.63) is 40.5 Å². The van der Waals surface area contributed by atoms with Gasteiger partial charge in [-0.2, -0.15) is 5.10 Å². The lowest BCUT2D eigenvalue weighted by Gasteiger charge is -2.12. The fraction of sp³-hybridized carbons (Fsp3) is 0.211. The summed E-state index contributed by atoms with van der Waals surface area (Å²) in [5.41, 5.74) is 13.0. The van der Waals surface area contributed by atoms with E-state index < -0.39 is 6.09 Å². The van der Waals surface area contributed by atoms with Crippen molar-refractivity contribution in [2.75, 3.05) is 16.8 Å². The highest BCUT2D eigenvalue weighted by atomic mass is 32.1. The van der Waals surface area contributed by atoms with Crippen LogP contribution in [0.3, 0.4) is 0 Å². The van der Waals surface area contributed by atoms with Crippen molar-refractivity contribution in [1.29, 1.82) is 0 Å². The molecule has 31 heavy (non-hydrogen) atoms. The Kier molecular flexibility index (Phi) is 5.38. The first-order valence-electron chi connectivity index (χ1n) is 9.28. The van der Waals surface area contributed by atoms with Crippen LogP contribution in [0, 0.1) is 5.82 Å². The van der Waals surface area contributed by atoms with Crippen LogP contribution in [0.5, 0.6) is 0 Å². The number of amides is 1. The highest BCUT2D eigenvalue weighted by Crippen LogP contribution is 2.30. The zero-order chi connectivity index (χ0) is 22.1. The molecule has 0 radical (unpaired) electrons. The van der Waals surface area contributed by atoms with Crippen molar-refractivity contribution in [3.8, 4) is 11.5 Å². The van der Waals surface area contributed by atoms with Crippen LogP contribution in [0.2, 0.25) is 0 Å². The van der Waals surface area contributed by atoms with Gasteiger partial charge >= 0.3 is 6.09 Å². The number of nitrogen functional groups attached to an aromatic ring is 2. The molecular formula is C19H19FN8O2S. The number of rotatable bonds is 5. The molecule has 0 saturated heterocycles. The van der Waals surface area contributed by atoms with Crippen molar-refractivity contribution in [3.63, 3.8) is 0 Å². The van der Waals surface area contributed by atoms with E-state index in [9.17, 15) is 9.18 Å². The zero-order valence-corrected chi connectivity index (χ0v) is 17.5. The molecule has 4 aromatic heterocycles. The van der Waals surface area contributed by atoms with Crippen LogP contribution >= 0.6 is 11.3 Å². The number of fused-ring (bicyclic) bond motifs is 1. The van der Waals surface area contributed by atoms with E-state index in [-0.39, 0.29) is 41.6 Å². The maximum atomic E-state index is 13.9. The van der Waals surface area contributed by atoms with E-state index in [0.29, 0.717) is 21.6 Å². The van der Waals surface area contributed by atoms with E-state index in [2.05, 4.69) is 25.4 Å². The number of hydrogen-bond acceptors (Lipinski definition) is 9. The number of carbonyl (C=O) groups is 1. The number of aromatic nitrogens is 5. The summed E-state index contributed by atoms with van der Waals surface area (Å²) < 4.78 is 20.5. The minimum atomic E-state index is -0.721. The van der Waals surface area contributed by atoms with E-state index in [1.807, 2.05) is 0 Å². The van der Waals surface area contributed by atoms with Gasteiger partial charge in [-0.25, -0.2) is 28.8 Å². The second kappa shape index (κ2) is 8.14. The Morgan fingerprint density at radius 3 is 2.68 bits per heavy atom. The molecule has 0 aromatic carbocycles. The van der Waals surface area contributed by atoms with Crippen LogP contribution in [0.4, 0.5) is 26.5 Å². The Morgan fingerprint density at radius 2 is 2.03 bits per heavy atom.